The molecule has 2 aromatic rings. The average molecular weight is 260 g/mol. The van der Waals surface area contributed by atoms with Crippen LogP contribution in [0.4, 0.5) is 0 Å². The second-order valence-electron chi connectivity index (χ2n) is 4.69. The van der Waals surface area contributed by atoms with E-state index in [0.717, 1.165) is 17.9 Å². The molecule has 18 heavy (non-hydrogen) atoms. The Kier molecular flexibility index (Phi) is 4.40. The molecule has 0 aliphatic carbocycles. The summed E-state index contributed by atoms with van der Waals surface area (Å²) in [5.41, 5.74) is 9.90. The minimum absolute atomic E-state index is 0.0876. The SMILES string of the molecule is Cc1ccc(C(N)CCc2cccc(Cl)c2)cc1. The molecule has 0 amide bonds. The van der Waals surface area contributed by atoms with Gasteiger partial charge in [-0.1, -0.05) is 53.6 Å². The van der Waals surface area contributed by atoms with Gasteiger partial charge >= 0.3 is 0 Å². The lowest BCUT2D eigenvalue weighted by Gasteiger charge is -2.12. The third kappa shape index (κ3) is 3.59. The van der Waals surface area contributed by atoms with Crippen LogP contribution in [0, 0.1) is 6.92 Å². The van der Waals surface area contributed by atoms with Gasteiger partial charge in [-0.25, -0.2) is 0 Å². The van der Waals surface area contributed by atoms with Crippen LogP contribution in [0.3, 0.4) is 0 Å². The van der Waals surface area contributed by atoms with E-state index in [4.69, 9.17) is 17.3 Å². The summed E-state index contributed by atoms with van der Waals surface area (Å²) in [5.74, 6) is 0. The van der Waals surface area contributed by atoms with E-state index in [-0.39, 0.29) is 6.04 Å². The number of halogens is 1. The zero-order chi connectivity index (χ0) is 13.0. The van der Waals surface area contributed by atoms with Crippen LogP contribution in [0.5, 0.6) is 0 Å². The van der Waals surface area contributed by atoms with Crippen molar-refractivity contribution < 1.29 is 0 Å². The summed E-state index contributed by atoms with van der Waals surface area (Å²) in [4.78, 5) is 0. The number of rotatable bonds is 4. The van der Waals surface area contributed by atoms with Crippen molar-refractivity contribution in [2.75, 3.05) is 0 Å². The molecule has 2 heteroatoms. The van der Waals surface area contributed by atoms with Gasteiger partial charge in [0.2, 0.25) is 0 Å². The summed E-state index contributed by atoms with van der Waals surface area (Å²) >= 11 is 5.96. The zero-order valence-electron chi connectivity index (χ0n) is 10.6. The molecule has 0 radical (unpaired) electrons. The first-order valence-corrected chi connectivity index (χ1v) is 6.59. The quantitative estimate of drug-likeness (QED) is 0.871. The predicted molar refractivity (Wildman–Crippen MR) is 77.9 cm³/mol. The van der Waals surface area contributed by atoms with Crippen LogP contribution in [0.2, 0.25) is 5.02 Å². The number of hydrogen-bond acceptors (Lipinski definition) is 1. The highest BCUT2D eigenvalue weighted by Gasteiger charge is 2.06. The zero-order valence-corrected chi connectivity index (χ0v) is 11.3. The Labute approximate surface area is 114 Å². The lowest BCUT2D eigenvalue weighted by molar-refractivity contribution is 0.651. The molecule has 0 saturated carbocycles. The molecule has 0 aliphatic heterocycles. The van der Waals surface area contributed by atoms with Crippen molar-refractivity contribution in [1.29, 1.82) is 0 Å². The molecule has 1 nitrogen and oxygen atoms in total. The monoisotopic (exact) mass is 259 g/mol. The molecular formula is C16H18ClN. The Morgan fingerprint density at radius 2 is 1.83 bits per heavy atom. The number of hydrogen-bond donors (Lipinski definition) is 1. The molecule has 2 aromatic carbocycles. The van der Waals surface area contributed by atoms with Gasteiger partial charge in [0.25, 0.3) is 0 Å². The minimum atomic E-state index is 0.0876. The van der Waals surface area contributed by atoms with E-state index in [1.807, 2.05) is 18.2 Å². The van der Waals surface area contributed by atoms with Crippen molar-refractivity contribution in [3.05, 3.63) is 70.2 Å². The fraction of sp³-hybridized carbons (Fsp3) is 0.250. The van der Waals surface area contributed by atoms with E-state index in [1.54, 1.807) is 0 Å². The van der Waals surface area contributed by atoms with Gasteiger partial charge in [-0.2, -0.15) is 0 Å². The molecule has 0 fully saturated rings. The summed E-state index contributed by atoms with van der Waals surface area (Å²) in [6.07, 6.45) is 1.89. The summed E-state index contributed by atoms with van der Waals surface area (Å²) in [7, 11) is 0. The van der Waals surface area contributed by atoms with Crippen molar-refractivity contribution >= 4 is 11.6 Å². The van der Waals surface area contributed by atoms with Crippen molar-refractivity contribution in [3.63, 3.8) is 0 Å². The van der Waals surface area contributed by atoms with Gasteiger partial charge in [0.15, 0.2) is 0 Å². The minimum Gasteiger partial charge on any atom is -0.324 e. The highest BCUT2D eigenvalue weighted by Crippen LogP contribution is 2.19. The molecule has 0 heterocycles. The normalized spacial score (nSPS) is 12.4. The van der Waals surface area contributed by atoms with E-state index < -0.39 is 0 Å². The Balaban J connectivity index is 1.96. The van der Waals surface area contributed by atoms with Gasteiger partial charge in [0, 0.05) is 11.1 Å². The van der Waals surface area contributed by atoms with Crippen molar-refractivity contribution in [2.24, 2.45) is 5.73 Å². The van der Waals surface area contributed by atoms with Gasteiger partial charge in [-0.15, -0.1) is 0 Å². The topological polar surface area (TPSA) is 26.0 Å². The molecule has 2 rings (SSSR count). The lowest BCUT2D eigenvalue weighted by atomic mass is 9.99. The number of benzene rings is 2. The van der Waals surface area contributed by atoms with E-state index in [9.17, 15) is 0 Å². The molecule has 2 N–H and O–H groups in total. The Morgan fingerprint density at radius 3 is 2.50 bits per heavy atom. The Hall–Kier alpha value is -1.31. The number of nitrogens with two attached hydrogens (primary N) is 1. The summed E-state index contributed by atoms with van der Waals surface area (Å²) in [6.45, 7) is 2.08. The average Bonchev–Trinajstić information content (AvgIpc) is 2.37. The highest BCUT2D eigenvalue weighted by molar-refractivity contribution is 6.30. The standard InChI is InChI=1S/C16H18ClN/c1-12-5-8-14(9-6-12)16(18)10-7-13-3-2-4-15(17)11-13/h2-6,8-9,11,16H,7,10,18H2,1H3. The van der Waals surface area contributed by atoms with Gasteiger partial charge in [0.1, 0.15) is 0 Å². The van der Waals surface area contributed by atoms with Gasteiger partial charge in [0.05, 0.1) is 0 Å². The summed E-state index contributed by atoms with van der Waals surface area (Å²) in [5, 5.41) is 0.788. The molecule has 1 atom stereocenters. The third-order valence-electron chi connectivity index (χ3n) is 3.14. The molecule has 0 aromatic heterocycles. The van der Waals surface area contributed by atoms with E-state index in [1.165, 1.54) is 16.7 Å². The van der Waals surface area contributed by atoms with Crippen LogP contribution in [-0.4, -0.2) is 0 Å². The Morgan fingerprint density at radius 1 is 1.11 bits per heavy atom. The Bertz CT molecular complexity index is 505. The smallest absolute Gasteiger partial charge is 0.0408 e. The van der Waals surface area contributed by atoms with E-state index in [2.05, 4.69) is 37.3 Å². The van der Waals surface area contributed by atoms with Crippen LogP contribution < -0.4 is 5.73 Å². The van der Waals surface area contributed by atoms with Crippen LogP contribution in [0.1, 0.15) is 29.2 Å². The highest BCUT2D eigenvalue weighted by atomic mass is 35.5. The first-order valence-electron chi connectivity index (χ1n) is 6.22. The third-order valence-corrected chi connectivity index (χ3v) is 3.37. The van der Waals surface area contributed by atoms with Gasteiger partial charge in [-0.05, 0) is 43.0 Å². The van der Waals surface area contributed by atoms with Crippen LogP contribution in [0.15, 0.2) is 48.5 Å². The van der Waals surface area contributed by atoms with Crippen molar-refractivity contribution in [2.45, 2.75) is 25.8 Å². The molecule has 0 saturated heterocycles. The molecule has 94 valence electrons. The maximum atomic E-state index is 6.20. The van der Waals surface area contributed by atoms with Crippen LogP contribution in [0.25, 0.3) is 0 Å². The maximum absolute atomic E-state index is 6.20. The molecule has 1 unspecified atom stereocenters. The number of aryl methyl sites for hydroxylation is 2. The van der Waals surface area contributed by atoms with Gasteiger partial charge in [-0.3, -0.25) is 0 Å². The van der Waals surface area contributed by atoms with E-state index >= 15 is 0 Å². The van der Waals surface area contributed by atoms with E-state index in [0.29, 0.717) is 0 Å². The first-order chi connectivity index (χ1) is 8.65. The molecule has 0 aliphatic rings. The van der Waals surface area contributed by atoms with Crippen molar-refractivity contribution in [1.82, 2.24) is 0 Å². The first kappa shape index (κ1) is 13.1. The van der Waals surface area contributed by atoms with Crippen molar-refractivity contribution in [3.8, 4) is 0 Å². The molecule has 0 bridgehead atoms. The fourth-order valence-electron chi connectivity index (χ4n) is 1.99. The van der Waals surface area contributed by atoms with Crippen LogP contribution in [-0.2, 0) is 6.42 Å². The largest absolute Gasteiger partial charge is 0.324 e. The molecular weight excluding hydrogens is 242 g/mol. The fourth-order valence-corrected chi connectivity index (χ4v) is 2.21. The van der Waals surface area contributed by atoms with Gasteiger partial charge < -0.3 is 5.73 Å². The maximum Gasteiger partial charge on any atom is 0.0408 e. The second-order valence-corrected chi connectivity index (χ2v) is 5.12. The van der Waals surface area contributed by atoms with Crippen LogP contribution >= 0.6 is 11.6 Å². The second kappa shape index (κ2) is 6.03. The summed E-state index contributed by atoms with van der Waals surface area (Å²) < 4.78 is 0. The predicted octanol–water partition coefficient (Wildman–Crippen LogP) is 4.28. The lowest BCUT2D eigenvalue weighted by Crippen LogP contribution is -2.11. The summed E-state index contributed by atoms with van der Waals surface area (Å²) in [6, 6.07) is 16.5. The molecule has 0 spiro atoms.